The molecular formula is C12H24O4. The van der Waals surface area contributed by atoms with E-state index < -0.39 is 18.2 Å². The van der Waals surface area contributed by atoms with Crippen LogP contribution in [0.25, 0.3) is 0 Å². The van der Waals surface area contributed by atoms with Crippen LogP contribution in [0, 0.1) is 0 Å². The van der Waals surface area contributed by atoms with Gasteiger partial charge in [-0.1, -0.05) is 32.6 Å². The Labute approximate surface area is 97.3 Å². The molecule has 0 rings (SSSR count). The molecule has 4 heteroatoms. The largest absolute Gasteiger partial charge is 0.481 e. The lowest BCUT2D eigenvalue weighted by Crippen LogP contribution is -2.18. The summed E-state index contributed by atoms with van der Waals surface area (Å²) in [6.07, 6.45) is 4.40. The van der Waals surface area contributed by atoms with Crippen molar-refractivity contribution in [2.75, 3.05) is 0 Å². The van der Waals surface area contributed by atoms with Crippen molar-refractivity contribution in [2.45, 2.75) is 70.5 Å². The molecule has 3 N–H and O–H groups in total. The van der Waals surface area contributed by atoms with E-state index >= 15 is 0 Å². The summed E-state index contributed by atoms with van der Waals surface area (Å²) >= 11 is 0. The second-order valence-electron chi connectivity index (χ2n) is 4.33. The summed E-state index contributed by atoms with van der Waals surface area (Å²) in [7, 11) is 0. The number of carboxylic acid groups (broad SMARTS) is 1. The van der Waals surface area contributed by atoms with Gasteiger partial charge in [0.05, 0.1) is 12.2 Å². The molecule has 0 amide bonds. The predicted molar refractivity (Wildman–Crippen MR) is 62.3 cm³/mol. The number of hydrogen-bond acceptors (Lipinski definition) is 3. The van der Waals surface area contributed by atoms with E-state index in [-0.39, 0.29) is 12.8 Å². The zero-order chi connectivity index (χ0) is 12.4. The molecule has 2 atom stereocenters. The Morgan fingerprint density at radius 2 is 1.69 bits per heavy atom. The second-order valence-corrected chi connectivity index (χ2v) is 4.33. The number of carbonyl (C=O) groups is 1. The quantitative estimate of drug-likeness (QED) is 0.503. The molecule has 0 heterocycles. The molecule has 0 aromatic rings. The van der Waals surface area contributed by atoms with Gasteiger partial charge in [-0.25, -0.2) is 0 Å². The minimum absolute atomic E-state index is 0.0380. The van der Waals surface area contributed by atoms with Crippen LogP contribution in [0.5, 0.6) is 0 Å². The van der Waals surface area contributed by atoms with E-state index in [0.717, 1.165) is 19.3 Å². The molecule has 0 aliphatic carbocycles. The number of unbranched alkanes of at least 4 members (excludes halogenated alkanes) is 3. The van der Waals surface area contributed by atoms with E-state index in [1.54, 1.807) is 0 Å². The van der Waals surface area contributed by atoms with Crippen LogP contribution >= 0.6 is 0 Å². The Morgan fingerprint density at radius 1 is 1.06 bits per heavy atom. The van der Waals surface area contributed by atoms with Gasteiger partial charge in [0, 0.05) is 6.42 Å². The lowest BCUT2D eigenvalue weighted by Gasteiger charge is -2.14. The molecule has 0 aromatic heterocycles. The van der Waals surface area contributed by atoms with E-state index in [4.69, 9.17) is 5.11 Å². The van der Waals surface area contributed by atoms with Crippen LogP contribution in [0.1, 0.15) is 58.3 Å². The third-order valence-corrected chi connectivity index (χ3v) is 2.63. The van der Waals surface area contributed by atoms with E-state index in [1.807, 2.05) is 0 Å². The maximum Gasteiger partial charge on any atom is 0.303 e. The third kappa shape index (κ3) is 9.93. The molecule has 0 fully saturated rings. The van der Waals surface area contributed by atoms with Gasteiger partial charge in [0.1, 0.15) is 0 Å². The smallest absolute Gasteiger partial charge is 0.303 e. The maximum absolute atomic E-state index is 10.3. The van der Waals surface area contributed by atoms with Crippen LogP contribution in [-0.2, 0) is 4.79 Å². The van der Waals surface area contributed by atoms with Crippen molar-refractivity contribution in [2.24, 2.45) is 0 Å². The Balaban J connectivity index is 3.46. The first-order valence-electron chi connectivity index (χ1n) is 6.14. The first-order valence-corrected chi connectivity index (χ1v) is 6.14. The number of hydrogen-bond donors (Lipinski definition) is 3. The Hall–Kier alpha value is -0.610. The van der Waals surface area contributed by atoms with Crippen LogP contribution in [0.3, 0.4) is 0 Å². The fourth-order valence-corrected chi connectivity index (χ4v) is 1.65. The van der Waals surface area contributed by atoms with Crippen molar-refractivity contribution >= 4 is 5.97 Å². The van der Waals surface area contributed by atoms with Crippen LogP contribution in [0.4, 0.5) is 0 Å². The fourth-order valence-electron chi connectivity index (χ4n) is 1.65. The van der Waals surface area contributed by atoms with Gasteiger partial charge in [-0.15, -0.1) is 0 Å². The van der Waals surface area contributed by atoms with Gasteiger partial charge in [-0.05, 0) is 19.3 Å². The molecule has 0 aromatic carbocycles. The third-order valence-electron chi connectivity index (χ3n) is 2.63. The molecule has 4 nitrogen and oxygen atoms in total. The molecule has 0 radical (unpaired) electrons. The number of aliphatic carboxylic acids is 1. The first kappa shape index (κ1) is 15.4. The van der Waals surface area contributed by atoms with Gasteiger partial charge in [0.15, 0.2) is 0 Å². The molecule has 0 aliphatic rings. The fraction of sp³-hybridized carbons (Fsp3) is 0.917. The lowest BCUT2D eigenvalue weighted by atomic mass is 10.0. The summed E-state index contributed by atoms with van der Waals surface area (Å²) < 4.78 is 0. The minimum atomic E-state index is -0.906. The normalized spacial score (nSPS) is 14.7. The van der Waals surface area contributed by atoms with Crippen molar-refractivity contribution in [1.82, 2.24) is 0 Å². The predicted octanol–water partition coefficient (Wildman–Crippen LogP) is 1.93. The zero-order valence-corrected chi connectivity index (χ0v) is 10.1. The number of rotatable bonds is 10. The van der Waals surface area contributed by atoms with Crippen molar-refractivity contribution in [3.05, 3.63) is 0 Å². The molecule has 2 unspecified atom stereocenters. The summed E-state index contributed by atoms with van der Waals surface area (Å²) in [6, 6.07) is 0. The van der Waals surface area contributed by atoms with Gasteiger partial charge in [-0.2, -0.15) is 0 Å². The minimum Gasteiger partial charge on any atom is -0.481 e. The van der Waals surface area contributed by atoms with E-state index in [9.17, 15) is 15.0 Å². The van der Waals surface area contributed by atoms with Gasteiger partial charge in [0.25, 0.3) is 0 Å². The number of aliphatic hydroxyl groups is 2. The van der Waals surface area contributed by atoms with Crippen LogP contribution in [0.2, 0.25) is 0 Å². The average molecular weight is 232 g/mol. The monoisotopic (exact) mass is 232 g/mol. The highest BCUT2D eigenvalue weighted by molar-refractivity contribution is 5.66. The summed E-state index contributed by atoms with van der Waals surface area (Å²) in [4.78, 5) is 10.3. The highest BCUT2D eigenvalue weighted by atomic mass is 16.4. The Morgan fingerprint density at radius 3 is 2.25 bits per heavy atom. The average Bonchev–Trinajstić information content (AvgIpc) is 2.21. The van der Waals surface area contributed by atoms with Gasteiger partial charge >= 0.3 is 5.97 Å². The topological polar surface area (TPSA) is 77.8 Å². The standard InChI is InChI=1S/C12H24O4/c1-2-3-4-5-6-10(13)9-11(14)7-8-12(15)16/h10-11,13-14H,2-9H2,1H3,(H,15,16). The second kappa shape index (κ2) is 9.60. The van der Waals surface area contributed by atoms with Crippen molar-refractivity contribution in [3.8, 4) is 0 Å². The lowest BCUT2D eigenvalue weighted by molar-refractivity contribution is -0.137. The molecule has 0 spiro atoms. The SMILES string of the molecule is CCCCCCC(O)CC(O)CCC(=O)O. The summed E-state index contributed by atoms with van der Waals surface area (Å²) in [5, 5.41) is 27.4. The zero-order valence-electron chi connectivity index (χ0n) is 10.1. The summed E-state index contributed by atoms with van der Waals surface area (Å²) in [5.74, 6) is -0.906. The van der Waals surface area contributed by atoms with Crippen molar-refractivity contribution in [1.29, 1.82) is 0 Å². The summed E-state index contributed by atoms with van der Waals surface area (Å²) in [6.45, 7) is 2.13. The van der Waals surface area contributed by atoms with Crippen LogP contribution < -0.4 is 0 Å². The van der Waals surface area contributed by atoms with Crippen LogP contribution in [-0.4, -0.2) is 33.5 Å². The maximum atomic E-state index is 10.3. The summed E-state index contributed by atoms with van der Waals surface area (Å²) in [5.41, 5.74) is 0. The van der Waals surface area contributed by atoms with E-state index in [0.29, 0.717) is 12.8 Å². The van der Waals surface area contributed by atoms with Gasteiger partial charge in [0.2, 0.25) is 0 Å². The van der Waals surface area contributed by atoms with E-state index in [1.165, 1.54) is 6.42 Å². The molecule has 0 bridgehead atoms. The van der Waals surface area contributed by atoms with Crippen LogP contribution in [0.15, 0.2) is 0 Å². The highest BCUT2D eigenvalue weighted by Gasteiger charge is 2.12. The molecule has 0 aliphatic heterocycles. The van der Waals surface area contributed by atoms with E-state index in [2.05, 4.69) is 6.92 Å². The Bertz CT molecular complexity index is 182. The molecular weight excluding hydrogens is 208 g/mol. The molecule has 96 valence electrons. The van der Waals surface area contributed by atoms with Gasteiger partial charge in [-0.3, -0.25) is 4.79 Å². The molecule has 16 heavy (non-hydrogen) atoms. The van der Waals surface area contributed by atoms with Gasteiger partial charge < -0.3 is 15.3 Å². The first-order chi connectivity index (χ1) is 7.56. The number of aliphatic hydroxyl groups excluding tert-OH is 2. The highest BCUT2D eigenvalue weighted by Crippen LogP contribution is 2.12. The van der Waals surface area contributed by atoms with Crippen molar-refractivity contribution in [3.63, 3.8) is 0 Å². The molecule has 0 saturated heterocycles. The Kier molecular flexibility index (Phi) is 9.24. The number of carboxylic acids is 1. The molecule has 0 saturated carbocycles. The van der Waals surface area contributed by atoms with Crippen molar-refractivity contribution < 1.29 is 20.1 Å².